The van der Waals surface area contributed by atoms with Crippen LogP contribution in [-0.4, -0.2) is 32.4 Å². The molecule has 2 aromatic carbocycles. The Kier molecular flexibility index (Phi) is 4.01. The van der Waals surface area contributed by atoms with Crippen LogP contribution in [0.3, 0.4) is 0 Å². The quantitative estimate of drug-likeness (QED) is 0.669. The third kappa shape index (κ3) is 3.52. The fourth-order valence-electron chi connectivity index (χ4n) is 2.19. The minimum Gasteiger partial charge on any atom is -0.481 e. The molecule has 0 unspecified atom stereocenters. The van der Waals surface area contributed by atoms with Crippen molar-refractivity contribution in [2.45, 2.75) is 12.8 Å². The van der Waals surface area contributed by atoms with Gasteiger partial charge in [-0.1, -0.05) is 12.1 Å². The molecule has 1 aromatic heterocycles. The Labute approximate surface area is 131 Å². The predicted octanol–water partition coefficient (Wildman–Crippen LogP) is 2.23. The van der Waals surface area contributed by atoms with Gasteiger partial charge in [-0.2, -0.15) is 15.4 Å². The Hall–Kier alpha value is -3.22. The zero-order valence-corrected chi connectivity index (χ0v) is 12.1. The number of aliphatic carboxylic acids is 1. The van der Waals surface area contributed by atoms with Gasteiger partial charge in [-0.05, 0) is 42.3 Å². The van der Waals surface area contributed by atoms with E-state index in [0.717, 1.165) is 5.56 Å². The zero-order valence-electron chi connectivity index (χ0n) is 12.1. The largest absolute Gasteiger partial charge is 0.481 e. The Morgan fingerprint density at radius 3 is 2.52 bits per heavy atom. The lowest BCUT2D eigenvalue weighted by Gasteiger charge is -2.06. The molecule has 0 saturated carbocycles. The lowest BCUT2D eigenvalue weighted by molar-refractivity contribution is -0.136. The second-order valence-electron chi connectivity index (χ2n) is 5.07. The first-order chi connectivity index (χ1) is 11.1. The maximum atomic E-state index is 12.2. The molecule has 0 spiro atoms. The van der Waals surface area contributed by atoms with E-state index in [0.29, 0.717) is 28.7 Å². The van der Waals surface area contributed by atoms with E-state index in [1.807, 2.05) is 0 Å². The average molecular weight is 310 g/mol. The van der Waals surface area contributed by atoms with Crippen LogP contribution in [0.25, 0.3) is 11.0 Å². The van der Waals surface area contributed by atoms with Crippen molar-refractivity contribution in [1.29, 1.82) is 0 Å². The minimum atomic E-state index is -0.828. The summed E-state index contributed by atoms with van der Waals surface area (Å²) >= 11 is 0. The standard InChI is InChI=1S/C16H14N4O3/c21-15(22)8-3-10-1-5-12(6-2-10)17-16(23)11-4-7-13-14(9-11)19-20-18-13/h1-2,4-7,9H,3,8H2,(H,17,23)(H,21,22)(H,18,19,20). The van der Waals surface area contributed by atoms with Crippen LogP contribution in [0.15, 0.2) is 42.5 Å². The summed E-state index contributed by atoms with van der Waals surface area (Å²) in [7, 11) is 0. The molecule has 0 aliphatic carbocycles. The van der Waals surface area contributed by atoms with Gasteiger partial charge in [0.2, 0.25) is 0 Å². The highest BCUT2D eigenvalue weighted by Gasteiger charge is 2.08. The monoisotopic (exact) mass is 310 g/mol. The Morgan fingerprint density at radius 1 is 1.04 bits per heavy atom. The van der Waals surface area contributed by atoms with E-state index in [1.165, 1.54) is 0 Å². The van der Waals surface area contributed by atoms with Gasteiger partial charge in [-0.25, -0.2) is 0 Å². The number of aryl methyl sites for hydroxylation is 1. The summed E-state index contributed by atoms with van der Waals surface area (Å²) < 4.78 is 0. The highest BCUT2D eigenvalue weighted by Crippen LogP contribution is 2.15. The molecule has 0 bridgehead atoms. The lowest BCUT2D eigenvalue weighted by atomic mass is 10.1. The van der Waals surface area contributed by atoms with Gasteiger partial charge >= 0.3 is 5.97 Å². The third-order valence-electron chi connectivity index (χ3n) is 3.42. The molecule has 116 valence electrons. The number of carboxylic acid groups (broad SMARTS) is 1. The molecule has 0 atom stereocenters. The molecule has 3 N–H and O–H groups in total. The number of amides is 1. The number of benzene rings is 2. The number of nitrogens with one attached hydrogen (secondary N) is 2. The van der Waals surface area contributed by atoms with E-state index in [-0.39, 0.29) is 12.3 Å². The number of hydrogen-bond acceptors (Lipinski definition) is 4. The number of hydrogen-bond donors (Lipinski definition) is 3. The van der Waals surface area contributed by atoms with E-state index >= 15 is 0 Å². The summed E-state index contributed by atoms with van der Waals surface area (Å²) in [6.07, 6.45) is 0.551. The molecule has 3 aromatic rings. The van der Waals surface area contributed by atoms with Gasteiger partial charge in [0.05, 0.1) is 0 Å². The second kappa shape index (κ2) is 6.27. The number of carbonyl (C=O) groups is 2. The molecule has 3 rings (SSSR count). The SMILES string of the molecule is O=C(O)CCc1ccc(NC(=O)c2ccc3n[nH]nc3c2)cc1. The van der Waals surface area contributed by atoms with Gasteiger partial charge in [0.25, 0.3) is 5.91 Å². The number of H-pyrrole nitrogens is 1. The minimum absolute atomic E-state index is 0.0867. The summed E-state index contributed by atoms with van der Waals surface area (Å²) in [5.74, 6) is -1.07. The van der Waals surface area contributed by atoms with Gasteiger partial charge in [-0.15, -0.1) is 0 Å². The molecule has 0 aliphatic heterocycles. The molecule has 23 heavy (non-hydrogen) atoms. The Morgan fingerprint density at radius 2 is 1.78 bits per heavy atom. The number of carboxylic acids is 1. The maximum Gasteiger partial charge on any atom is 0.303 e. The van der Waals surface area contributed by atoms with Crippen molar-refractivity contribution in [1.82, 2.24) is 15.4 Å². The van der Waals surface area contributed by atoms with Crippen molar-refractivity contribution in [3.8, 4) is 0 Å². The molecule has 0 aliphatic rings. The lowest BCUT2D eigenvalue weighted by Crippen LogP contribution is -2.11. The second-order valence-corrected chi connectivity index (χ2v) is 5.07. The molecule has 0 saturated heterocycles. The van der Waals surface area contributed by atoms with Crippen molar-refractivity contribution in [3.05, 3.63) is 53.6 Å². The van der Waals surface area contributed by atoms with E-state index in [1.54, 1.807) is 42.5 Å². The van der Waals surface area contributed by atoms with E-state index < -0.39 is 5.97 Å². The van der Waals surface area contributed by atoms with Crippen LogP contribution in [0.4, 0.5) is 5.69 Å². The normalized spacial score (nSPS) is 10.6. The van der Waals surface area contributed by atoms with Crippen molar-refractivity contribution < 1.29 is 14.7 Å². The number of fused-ring (bicyclic) bond motifs is 1. The molecule has 0 fully saturated rings. The molecular weight excluding hydrogens is 296 g/mol. The van der Waals surface area contributed by atoms with Crippen LogP contribution < -0.4 is 5.32 Å². The number of anilines is 1. The van der Waals surface area contributed by atoms with Crippen LogP contribution in [0, 0.1) is 0 Å². The van der Waals surface area contributed by atoms with Crippen molar-refractivity contribution in [3.63, 3.8) is 0 Å². The maximum absolute atomic E-state index is 12.2. The zero-order chi connectivity index (χ0) is 16.2. The van der Waals surface area contributed by atoms with Crippen LogP contribution in [0.1, 0.15) is 22.3 Å². The van der Waals surface area contributed by atoms with Gasteiger partial charge < -0.3 is 10.4 Å². The van der Waals surface area contributed by atoms with Crippen LogP contribution in [-0.2, 0) is 11.2 Å². The van der Waals surface area contributed by atoms with Gasteiger partial charge in [-0.3, -0.25) is 9.59 Å². The highest BCUT2D eigenvalue weighted by atomic mass is 16.4. The highest BCUT2D eigenvalue weighted by molar-refractivity contribution is 6.05. The third-order valence-corrected chi connectivity index (χ3v) is 3.42. The van der Waals surface area contributed by atoms with E-state index in [9.17, 15) is 9.59 Å². The molecule has 7 heteroatoms. The van der Waals surface area contributed by atoms with E-state index in [4.69, 9.17) is 5.11 Å². The number of carbonyl (C=O) groups excluding carboxylic acids is 1. The smallest absolute Gasteiger partial charge is 0.303 e. The van der Waals surface area contributed by atoms with Gasteiger partial charge in [0.15, 0.2) is 0 Å². The molecule has 0 radical (unpaired) electrons. The molecule has 1 heterocycles. The average Bonchev–Trinajstić information content (AvgIpc) is 3.01. The molecule has 7 nitrogen and oxygen atoms in total. The van der Waals surface area contributed by atoms with Crippen LogP contribution in [0.2, 0.25) is 0 Å². The molecule has 1 amide bonds. The fourth-order valence-corrected chi connectivity index (χ4v) is 2.19. The first-order valence-electron chi connectivity index (χ1n) is 7.04. The van der Waals surface area contributed by atoms with Gasteiger partial charge in [0, 0.05) is 17.7 Å². The van der Waals surface area contributed by atoms with Crippen molar-refractivity contribution in [2.24, 2.45) is 0 Å². The number of aromatic nitrogens is 3. The van der Waals surface area contributed by atoms with Crippen LogP contribution in [0.5, 0.6) is 0 Å². The van der Waals surface area contributed by atoms with Crippen molar-refractivity contribution in [2.75, 3.05) is 5.32 Å². The summed E-state index contributed by atoms with van der Waals surface area (Å²) in [6, 6.07) is 12.2. The Balaban J connectivity index is 1.68. The fraction of sp³-hybridized carbons (Fsp3) is 0.125. The number of aromatic amines is 1. The first kappa shape index (κ1) is 14.7. The number of nitrogens with zero attached hydrogens (tertiary/aromatic N) is 2. The van der Waals surface area contributed by atoms with E-state index in [2.05, 4.69) is 20.7 Å². The topological polar surface area (TPSA) is 108 Å². The van der Waals surface area contributed by atoms with Crippen LogP contribution >= 0.6 is 0 Å². The summed E-state index contributed by atoms with van der Waals surface area (Å²) in [5, 5.41) is 21.8. The number of rotatable bonds is 5. The van der Waals surface area contributed by atoms with Gasteiger partial charge in [0.1, 0.15) is 11.0 Å². The first-order valence-corrected chi connectivity index (χ1v) is 7.04. The Bertz CT molecular complexity index is 855. The summed E-state index contributed by atoms with van der Waals surface area (Å²) in [5.41, 5.74) is 3.37. The molecular formula is C16H14N4O3. The summed E-state index contributed by atoms with van der Waals surface area (Å²) in [6.45, 7) is 0. The predicted molar refractivity (Wildman–Crippen MR) is 84.2 cm³/mol. The van der Waals surface area contributed by atoms with Crippen molar-refractivity contribution >= 4 is 28.6 Å². The summed E-state index contributed by atoms with van der Waals surface area (Å²) in [4.78, 5) is 22.8.